The van der Waals surface area contributed by atoms with Gasteiger partial charge in [0, 0.05) is 43.0 Å². The van der Waals surface area contributed by atoms with Crippen LogP contribution in [0.2, 0.25) is 0 Å². The van der Waals surface area contributed by atoms with Crippen LogP contribution >= 0.6 is 0 Å². The molecular formula is C9H21NO4S. The first kappa shape index (κ1) is 15.0. The Morgan fingerprint density at radius 1 is 1.47 bits per heavy atom. The summed E-state index contributed by atoms with van der Waals surface area (Å²) in [6.07, 6.45) is 1.14. The summed E-state index contributed by atoms with van der Waals surface area (Å²) in [6, 6.07) is 0. The van der Waals surface area contributed by atoms with Gasteiger partial charge in [-0.05, 0) is 0 Å². The first-order valence-electron chi connectivity index (χ1n) is 4.92. The minimum absolute atomic E-state index is 0.297. The number of nitrogens with one attached hydrogen (secondary N) is 1. The Labute approximate surface area is 93.6 Å². The molecule has 0 radical (unpaired) electrons. The third-order valence-corrected chi connectivity index (χ3v) is 2.47. The summed E-state index contributed by atoms with van der Waals surface area (Å²) in [5, 5.41) is 12.4. The maximum Gasteiger partial charge on any atom is 0.0897 e. The average molecular weight is 239 g/mol. The lowest BCUT2D eigenvalue weighted by Crippen LogP contribution is -2.32. The van der Waals surface area contributed by atoms with Crippen LogP contribution in [0.15, 0.2) is 0 Å². The maximum absolute atomic E-state index is 10.7. The molecule has 15 heavy (non-hydrogen) atoms. The fraction of sp³-hybridized carbons (Fsp3) is 1.00. The molecule has 0 fully saturated rings. The Balaban J connectivity index is 3.18. The van der Waals surface area contributed by atoms with Crippen molar-refractivity contribution in [1.82, 2.24) is 5.32 Å². The van der Waals surface area contributed by atoms with E-state index in [2.05, 4.69) is 5.32 Å². The highest BCUT2D eigenvalue weighted by Gasteiger charge is 2.03. The number of ether oxygens (including phenoxy) is 2. The third kappa shape index (κ3) is 11.9. The van der Waals surface area contributed by atoms with Crippen molar-refractivity contribution in [2.45, 2.75) is 6.10 Å². The van der Waals surface area contributed by atoms with E-state index in [1.165, 1.54) is 0 Å². The van der Waals surface area contributed by atoms with Crippen molar-refractivity contribution in [1.29, 1.82) is 0 Å². The lowest BCUT2D eigenvalue weighted by Gasteiger charge is -2.11. The van der Waals surface area contributed by atoms with E-state index in [0.717, 1.165) is 0 Å². The van der Waals surface area contributed by atoms with E-state index >= 15 is 0 Å². The molecule has 0 spiro atoms. The molecule has 0 heterocycles. The predicted molar refractivity (Wildman–Crippen MR) is 60.5 cm³/mol. The maximum atomic E-state index is 10.7. The van der Waals surface area contributed by atoms with Crippen molar-refractivity contribution in [3.8, 4) is 0 Å². The largest absolute Gasteiger partial charge is 0.389 e. The molecule has 0 aliphatic heterocycles. The first-order chi connectivity index (χ1) is 7.16. The normalized spacial score (nSPS) is 15.1. The van der Waals surface area contributed by atoms with E-state index in [1.54, 1.807) is 13.4 Å². The van der Waals surface area contributed by atoms with Gasteiger partial charge in [-0.1, -0.05) is 0 Å². The third-order valence-electron chi connectivity index (χ3n) is 1.69. The van der Waals surface area contributed by atoms with Crippen LogP contribution < -0.4 is 5.32 Å². The summed E-state index contributed by atoms with van der Waals surface area (Å²) in [5.41, 5.74) is 0. The monoisotopic (exact) mass is 239 g/mol. The SMILES string of the molecule is COCCOCC(O)CNCCS(C)=O. The summed E-state index contributed by atoms with van der Waals surface area (Å²) in [6.45, 7) is 2.44. The molecule has 0 bridgehead atoms. The molecule has 0 aromatic rings. The number of aliphatic hydroxyl groups is 1. The summed E-state index contributed by atoms with van der Waals surface area (Å²) >= 11 is 0. The molecule has 0 rings (SSSR count). The lowest BCUT2D eigenvalue weighted by molar-refractivity contribution is 0.0140. The van der Waals surface area contributed by atoms with Gasteiger partial charge in [-0.15, -0.1) is 0 Å². The van der Waals surface area contributed by atoms with Crippen molar-refractivity contribution in [2.75, 3.05) is 52.0 Å². The van der Waals surface area contributed by atoms with Gasteiger partial charge in [-0.25, -0.2) is 0 Å². The summed E-state index contributed by atoms with van der Waals surface area (Å²) in [7, 11) is 0.823. The van der Waals surface area contributed by atoms with Gasteiger partial charge in [0.05, 0.1) is 25.9 Å². The van der Waals surface area contributed by atoms with Crippen molar-refractivity contribution < 1.29 is 18.8 Å². The van der Waals surface area contributed by atoms with Crippen LogP contribution in [0.4, 0.5) is 0 Å². The van der Waals surface area contributed by atoms with Crippen LogP contribution in [-0.4, -0.2) is 67.4 Å². The molecule has 2 unspecified atom stereocenters. The fourth-order valence-electron chi connectivity index (χ4n) is 0.905. The second kappa shape index (κ2) is 10.5. The van der Waals surface area contributed by atoms with Gasteiger partial charge >= 0.3 is 0 Å². The number of aliphatic hydroxyl groups excluding tert-OH is 1. The highest BCUT2D eigenvalue weighted by Crippen LogP contribution is 1.84. The highest BCUT2D eigenvalue weighted by atomic mass is 32.2. The summed E-state index contributed by atoms with van der Waals surface area (Å²) < 4.78 is 20.6. The topological polar surface area (TPSA) is 67.8 Å². The van der Waals surface area contributed by atoms with Gasteiger partial charge in [0.1, 0.15) is 0 Å². The van der Waals surface area contributed by atoms with E-state index in [4.69, 9.17) is 9.47 Å². The minimum atomic E-state index is -0.780. The molecule has 0 aliphatic carbocycles. The Hall–Kier alpha value is -0.0100. The Kier molecular flexibility index (Phi) is 10.5. The van der Waals surface area contributed by atoms with Gasteiger partial charge in [0.25, 0.3) is 0 Å². The minimum Gasteiger partial charge on any atom is -0.389 e. The molecular weight excluding hydrogens is 218 g/mol. The molecule has 2 N–H and O–H groups in total. The van der Waals surface area contributed by atoms with Crippen molar-refractivity contribution >= 4 is 10.8 Å². The van der Waals surface area contributed by atoms with Crippen LogP contribution in [0.3, 0.4) is 0 Å². The molecule has 0 saturated heterocycles. The molecule has 0 amide bonds. The van der Waals surface area contributed by atoms with E-state index in [9.17, 15) is 9.32 Å². The smallest absolute Gasteiger partial charge is 0.0897 e. The number of hydrogen-bond acceptors (Lipinski definition) is 5. The zero-order valence-corrected chi connectivity index (χ0v) is 10.2. The molecule has 6 heteroatoms. The van der Waals surface area contributed by atoms with E-state index < -0.39 is 16.9 Å². The second-order valence-electron chi connectivity index (χ2n) is 3.20. The van der Waals surface area contributed by atoms with Crippen molar-refractivity contribution in [3.63, 3.8) is 0 Å². The quantitative estimate of drug-likeness (QED) is 0.478. The first-order valence-corrected chi connectivity index (χ1v) is 6.65. The van der Waals surface area contributed by atoms with Gasteiger partial charge < -0.3 is 19.9 Å². The summed E-state index contributed by atoms with van der Waals surface area (Å²) in [4.78, 5) is 0. The highest BCUT2D eigenvalue weighted by molar-refractivity contribution is 7.84. The van der Waals surface area contributed by atoms with Crippen LogP contribution in [0.25, 0.3) is 0 Å². The standard InChI is InChI=1S/C9H21NO4S/c1-13-4-5-14-8-9(11)7-10-3-6-15(2)12/h9-11H,3-8H2,1-2H3. The molecule has 0 aromatic carbocycles. The molecule has 0 aromatic heterocycles. The molecule has 5 nitrogen and oxygen atoms in total. The second-order valence-corrected chi connectivity index (χ2v) is 4.76. The lowest BCUT2D eigenvalue weighted by atomic mass is 10.4. The Morgan fingerprint density at radius 2 is 2.20 bits per heavy atom. The van der Waals surface area contributed by atoms with Gasteiger partial charge in [-0.2, -0.15) is 0 Å². The molecule has 92 valence electrons. The van der Waals surface area contributed by atoms with Crippen molar-refractivity contribution in [2.24, 2.45) is 0 Å². The number of methoxy groups -OCH3 is 1. The van der Waals surface area contributed by atoms with Crippen LogP contribution in [-0.2, 0) is 20.3 Å². The van der Waals surface area contributed by atoms with Crippen LogP contribution in [0, 0.1) is 0 Å². The number of hydrogen-bond donors (Lipinski definition) is 2. The summed E-state index contributed by atoms with van der Waals surface area (Å²) in [5.74, 6) is 0.608. The van der Waals surface area contributed by atoms with E-state index in [0.29, 0.717) is 38.7 Å². The molecule has 0 aliphatic rings. The zero-order chi connectivity index (χ0) is 11.5. The van der Waals surface area contributed by atoms with Crippen LogP contribution in [0.1, 0.15) is 0 Å². The van der Waals surface area contributed by atoms with Crippen LogP contribution in [0.5, 0.6) is 0 Å². The van der Waals surface area contributed by atoms with Crippen molar-refractivity contribution in [3.05, 3.63) is 0 Å². The number of rotatable bonds is 10. The van der Waals surface area contributed by atoms with Gasteiger partial charge in [0.2, 0.25) is 0 Å². The van der Waals surface area contributed by atoms with Gasteiger partial charge in [-0.3, -0.25) is 4.21 Å². The predicted octanol–water partition coefficient (Wildman–Crippen LogP) is -1.02. The van der Waals surface area contributed by atoms with Gasteiger partial charge in [0.15, 0.2) is 0 Å². The molecule has 0 saturated carbocycles. The fourth-order valence-corrected chi connectivity index (χ4v) is 1.34. The zero-order valence-electron chi connectivity index (χ0n) is 9.40. The Bertz CT molecular complexity index is 168. The average Bonchev–Trinajstić information content (AvgIpc) is 2.19. The van der Waals surface area contributed by atoms with E-state index in [-0.39, 0.29) is 0 Å². The van der Waals surface area contributed by atoms with E-state index in [1.807, 2.05) is 0 Å². The molecule has 2 atom stereocenters. The Morgan fingerprint density at radius 3 is 2.80 bits per heavy atom.